The zero-order valence-corrected chi connectivity index (χ0v) is 46.6. The van der Waals surface area contributed by atoms with Crippen molar-refractivity contribution >= 4 is 11.9 Å². The Labute approximate surface area is 431 Å². The molecule has 0 heterocycles. The van der Waals surface area contributed by atoms with Gasteiger partial charge in [0.15, 0.2) is 0 Å². The van der Waals surface area contributed by atoms with Gasteiger partial charge >= 0.3 is 5.97 Å². The third kappa shape index (κ3) is 55.5. The molecule has 0 saturated carbocycles. The molecule has 0 aromatic carbocycles. The number of ether oxygens (including phenoxy) is 1. The number of carbonyl (C=O) groups excluding carboxylic acids is 2. The predicted molar refractivity (Wildman–Crippen MR) is 301 cm³/mol. The first-order valence-corrected chi connectivity index (χ1v) is 31.1. The van der Waals surface area contributed by atoms with E-state index in [-0.39, 0.29) is 18.5 Å². The maximum absolute atomic E-state index is 12.5. The van der Waals surface area contributed by atoms with Gasteiger partial charge in [-0.1, -0.05) is 295 Å². The topological polar surface area (TPSA) is 95.9 Å². The molecule has 2 unspecified atom stereocenters. The first kappa shape index (κ1) is 67.3. The van der Waals surface area contributed by atoms with Gasteiger partial charge < -0.3 is 20.3 Å². The molecular formula is C63H121NO5. The molecule has 3 N–H and O–H groups in total. The summed E-state index contributed by atoms with van der Waals surface area (Å²) in [6, 6.07) is -0.633. The molecule has 0 aliphatic carbocycles. The fourth-order valence-corrected chi connectivity index (χ4v) is 9.69. The van der Waals surface area contributed by atoms with Gasteiger partial charge in [-0.2, -0.15) is 0 Å². The van der Waals surface area contributed by atoms with Crippen LogP contribution >= 0.6 is 0 Å². The van der Waals surface area contributed by atoms with E-state index in [1.165, 1.54) is 270 Å². The lowest BCUT2D eigenvalue weighted by Crippen LogP contribution is -2.45. The molecule has 2 atom stereocenters. The number of hydrogen-bond donors (Lipinski definition) is 3. The first-order chi connectivity index (χ1) is 34.0. The maximum Gasteiger partial charge on any atom is 0.305 e. The molecule has 0 saturated heterocycles. The van der Waals surface area contributed by atoms with E-state index < -0.39 is 12.1 Å². The van der Waals surface area contributed by atoms with Crippen LogP contribution in [0.25, 0.3) is 0 Å². The fourth-order valence-electron chi connectivity index (χ4n) is 9.69. The number of hydrogen-bond acceptors (Lipinski definition) is 5. The van der Waals surface area contributed by atoms with Crippen LogP contribution in [0.2, 0.25) is 0 Å². The molecule has 408 valence electrons. The van der Waals surface area contributed by atoms with Crippen molar-refractivity contribution in [3.05, 3.63) is 24.3 Å². The van der Waals surface area contributed by atoms with Crippen LogP contribution in [0.15, 0.2) is 24.3 Å². The highest BCUT2D eigenvalue weighted by atomic mass is 16.5. The molecule has 0 aromatic rings. The highest BCUT2D eigenvalue weighted by Gasteiger charge is 2.18. The molecule has 0 radical (unpaired) electrons. The summed E-state index contributed by atoms with van der Waals surface area (Å²) in [7, 11) is 0. The minimum atomic E-state index is -0.849. The van der Waals surface area contributed by atoms with Crippen molar-refractivity contribution in [2.45, 2.75) is 353 Å². The van der Waals surface area contributed by atoms with Gasteiger partial charge in [0.1, 0.15) is 0 Å². The van der Waals surface area contributed by atoms with Crippen LogP contribution in [0.4, 0.5) is 0 Å². The molecule has 0 aliphatic rings. The van der Waals surface area contributed by atoms with Crippen LogP contribution in [-0.4, -0.2) is 47.4 Å². The van der Waals surface area contributed by atoms with Gasteiger partial charge in [-0.3, -0.25) is 9.59 Å². The van der Waals surface area contributed by atoms with Gasteiger partial charge in [-0.05, 0) is 57.8 Å². The van der Waals surface area contributed by atoms with Crippen molar-refractivity contribution in [2.24, 2.45) is 0 Å². The van der Waals surface area contributed by atoms with Gasteiger partial charge in [0.05, 0.1) is 25.4 Å². The largest absolute Gasteiger partial charge is 0.466 e. The number of amides is 1. The monoisotopic (exact) mass is 972 g/mol. The lowest BCUT2D eigenvalue weighted by Gasteiger charge is -2.20. The third-order valence-corrected chi connectivity index (χ3v) is 14.5. The predicted octanol–water partition coefficient (Wildman–Crippen LogP) is 19.4. The lowest BCUT2D eigenvalue weighted by molar-refractivity contribution is -0.143. The average Bonchev–Trinajstić information content (AvgIpc) is 3.35. The zero-order chi connectivity index (χ0) is 50.0. The van der Waals surface area contributed by atoms with E-state index >= 15 is 0 Å². The number of unbranched alkanes of at least 4 members (excludes halogenated alkanes) is 45. The van der Waals surface area contributed by atoms with Crippen LogP contribution in [0, 0.1) is 0 Å². The third-order valence-electron chi connectivity index (χ3n) is 14.5. The van der Waals surface area contributed by atoms with Crippen LogP contribution in [0.1, 0.15) is 341 Å². The molecule has 6 nitrogen and oxygen atoms in total. The molecule has 0 bridgehead atoms. The fraction of sp³-hybridized carbons (Fsp3) is 0.905. The number of rotatable bonds is 58. The molecule has 0 fully saturated rings. The van der Waals surface area contributed by atoms with Crippen LogP contribution in [-0.2, 0) is 14.3 Å². The van der Waals surface area contributed by atoms with Gasteiger partial charge in [-0.25, -0.2) is 0 Å². The van der Waals surface area contributed by atoms with Crippen LogP contribution in [0.3, 0.4) is 0 Å². The summed E-state index contributed by atoms with van der Waals surface area (Å²) < 4.78 is 5.48. The van der Waals surface area contributed by atoms with Gasteiger partial charge in [0.25, 0.3) is 0 Å². The number of carbonyl (C=O) groups is 2. The average molecular weight is 973 g/mol. The highest BCUT2D eigenvalue weighted by Crippen LogP contribution is 2.17. The second kappa shape index (κ2) is 58.9. The molecule has 0 rings (SSSR count). The standard InChI is InChI=1S/C63H121NO5/c1-3-5-7-9-11-13-15-17-18-19-25-28-32-35-39-43-47-51-55-61(66)60(59-65)64-62(67)56-52-48-44-40-36-33-29-26-23-21-20-22-24-27-30-34-38-42-46-50-54-58-69-63(68)57-53-49-45-41-37-31-16-14-12-10-8-6-4-2/h21,23,51,55,60-61,65-66H,3-20,22,24-50,52-54,56-59H2,1-2H3,(H,64,67)/b23-21-,55-51+. The number of esters is 1. The van der Waals surface area contributed by atoms with Gasteiger partial charge in [0.2, 0.25) is 5.91 Å². The zero-order valence-electron chi connectivity index (χ0n) is 46.6. The van der Waals surface area contributed by atoms with Gasteiger partial charge in [0, 0.05) is 12.8 Å². The molecule has 69 heavy (non-hydrogen) atoms. The van der Waals surface area contributed by atoms with Crippen molar-refractivity contribution in [1.82, 2.24) is 5.32 Å². The molecule has 0 aromatic heterocycles. The second-order valence-corrected chi connectivity index (χ2v) is 21.4. The Balaban J connectivity index is 3.45. The Morgan fingerprint density at radius 1 is 0.391 bits per heavy atom. The van der Waals surface area contributed by atoms with Crippen molar-refractivity contribution in [2.75, 3.05) is 13.2 Å². The SMILES string of the molecule is CCCCCCCCCCCCCCCCCC/C=C/C(O)C(CO)NC(=O)CCCCCCCCC/C=C\CCCCCCCCCCCCOC(=O)CCCCCCCCCCCCCCC. The number of nitrogens with one attached hydrogen (secondary N) is 1. The summed E-state index contributed by atoms with van der Waals surface area (Å²) >= 11 is 0. The Morgan fingerprint density at radius 2 is 0.681 bits per heavy atom. The Morgan fingerprint density at radius 3 is 1.03 bits per heavy atom. The maximum atomic E-state index is 12.5. The first-order valence-electron chi connectivity index (χ1n) is 31.1. The van der Waals surface area contributed by atoms with E-state index in [1.807, 2.05) is 6.08 Å². The van der Waals surface area contributed by atoms with Crippen molar-refractivity contribution in [3.63, 3.8) is 0 Å². The summed E-state index contributed by atoms with van der Waals surface area (Å²) in [5.41, 5.74) is 0. The number of aliphatic hydroxyl groups excluding tert-OH is 2. The lowest BCUT2D eigenvalue weighted by atomic mass is 10.0. The summed E-state index contributed by atoms with van der Waals surface area (Å²) in [5, 5.41) is 23.2. The van der Waals surface area contributed by atoms with Crippen LogP contribution < -0.4 is 5.32 Å². The van der Waals surface area contributed by atoms with E-state index in [1.54, 1.807) is 6.08 Å². The van der Waals surface area contributed by atoms with Crippen molar-refractivity contribution in [1.29, 1.82) is 0 Å². The number of aliphatic hydroxyl groups is 2. The summed E-state index contributed by atoms with van der Waals surface area (Å²) in [5.74, 6) is -0.0638. The summed E-state index contributed by atoms with van der Waals surface area (Å²) in [6.45, 7) is 4.92. The smallest absolute Gasteiger partial charge is 0.305 e. The van der Waals surface area contributed by atoms with E-state index in [9.17, 15) is 19.8 Å². The molecule has 6 heteroatoms. The van der Waals surface area contributed by atoms with E-state index in [0.717, 1.165) is 44.9 Å². The Bertz CT molecular complexity index is 1080. The number of allylic oxidation sites excluding steroid dienone is 3. The Kier molecular flexibility index (Phi) is 57.5. The molecule has 1 amide bonds. The van der Waals surface area contributed by atoms with E-state index in [2.05, 4.69) is 31.3 Å². The normalized spacial score (nSPS) is 12.7. The second-order valence-electron chi connectivity index (χ2n) is 21.4. The van der Waals surface area contributed by atoms with E-state index in [0.29, 0.717) is 19.4 Å². The highest BCUT2D eigenvalue weighted by molar-refractivity contribution is 5.76. The Hall–Kier alpha value is -1.66. The van der Waals surface area contributed by atoms with Crippen molar-refractivity contribution < 1.29 is 24.5 Å². The van der Waals surface area contributed by atoms with Crippen molar-refractivity contribution in [3.8, 4) is 0 Å². The van der Waals surface area contributed by atoms with E-state index in [4.69, 9.17) is 4.74 Å². The summed E-state index contributed by atoms with van der Waals surface area (Å²) in [6.07, 6.45) is 72.1. The minimum absolute atomic E-state index is 0.00948. The molecule has 0 aliphatic heterocycles. The van der Waals surface area contributed by atoms with Crippen LogP contribution in [0.5, 0.6) is 0 Å². The molecule has 0 spiro atoms. The minimum Gasteiger partial charge on any atom is -0.466 e. The quantitative estimate of drug-likeness (QED) is 0.0321. The molecular weight excluding hydrogens is 851 g/mol. The van der Waals surface area contributed by atoms with Gasteiger partial charge in [-0.15, -0.1) is 0 Å². The summed E-state index contributed by atoms with van der Waals surface area (Å²) in [4.78, 5) is 24.5.